The lowest BCUT2D eigenvalue weighted by Crippen LogP contribution is -2.14. The van der Waals surface area contributed by atoms with Crippen LogP contribution in [0.15, 0.2) is 41.5 Å². The smallest absolute Gasteiger partial charge is 0.132 e. The van der Waals surface area contributed by atoms with Gasteiger partial charge >= 0.3 is 0 Å². The van der Waals surface area contributed by atoms with E-state index in [0.717, 1.165) is 29.3 Å². The van der Waals surface area contributed by atoms with Crippen molar-refractivity contribution >= 4 is 23.5 Å². The van der Waals surface area contributed by atoms with Crippen LogP contribution in [0.2, 0.25) is 0 Å². The lowest BCUT2D eigenvalue weighted by atomic mass is 10.1. The molecule has 0 amide bonds. The second-order valence-electron chi connectivity index (χ2n) is 5.49. The molecule has 1 heterocycles. The van der Waals surface area contributed by atoms with E-state index in [0.29, 0.717) is 0 Å². The molecule has 0 aliphatic carbocycles. The number of pyridine rings is 1. The lowest BCUT2D eigenvalue weighted by molar-refractivity contribution is 0.552. The molecule has 22 heavy (non-hydrogen) atoms. The molecular formula is C18H24N4. The zero-order valence-electron chi connectivity index (χ0n) is 14.0. The Morgan fingerprint density at radius 3 is 2.55 bits per heavy atom. The molecule has 0 spiro atoms. The van der Waals surface area contributed by atoms with E-state index in [1.165, 1.54) is 5.56 Å². The Morgan fingerprint density at radius 1 is 1.14 bits per heavy atom. The fourth-order valence-electron chi connectivity index (χ4n) is 2.20. The van der Waals surface area contributed by atoms with Crippen LogP contribution in [0.1, 0.15) is 18.1 Å². The van der Waals surface area contributed by atoms with Gasteiger partial charge in [0.15, 0.2) is 0 Å². The van der Waals surface area contributed by atoms with Crippen LogP contribution < -0.4 is 4.90 Å². The van der Waals surface area contributed by atoms with E-state index < -0.39 is 0 Å². The van der Waals surface area contributed by atoms with Gasteiger partial charge in [0.2, 0.25) is 0 Å². The number of hydrogen-bond donors (Lipinski definition) is 0. The first-order valence-corrected chi connectivity index (χ1v) is 7.53. The van der Waals surface area contributed by atoms with Gasteiger partial charge in [0.05, 0.1) is 12.0 Å². The quantitative estimate of drug-likeness (QED) is 0.615. The molecule has 0 aliphatic rings. The number of rotatable bonds is 5. The Labute approximate surface area is 133 Å². The summed E-state index contributed by atoms with van der Waals surface area (Å²) in [5, 5.41) is 0. The average molecular weight is 296 g/mol. The number of benzene rings is 1. The third kappa shape index (κ3) is 3.64. The fraction of sp³-hybridized carbons (Fsp3) is 0.333. The molecule has 0 atom stereocenters. The second kappa shape index (κ2) is 7.07. The van der Waals surface area contributed by atoms with Crippen LogP contribution in [0.25, 0.3) is 0 Å². The topological polar surface area (TPSA) is 31.7 Å². The maximum absolute atomic E-state index is 4.58. The van der Waals surface area contributed by atoms with Gasteiger partial charge in [-0.1, -0.05) is 6.07 Å². The first-order chi connectivity index (χ1) is 10.5. The number of nitrogens with zero attached hydrogens (tertiary/aromatic N) is 4. The van der Waals surface area contributed by atoms with E-state index in [-0.39, 0.29) is 0 Å². The van der Waals surface area contributed by atoms with Gasteiger partial charge < -0.3 is 9.80 Å². The minimum absolute atomic E-state index is 0.937. The summed E-state index contributed by atoms with van der Waals surface area (Å²) in [6.07, 6.45) is 3.69. The number of anilines is 2. The van der Waals surface area contributed by atoms with Gasteiger partial charge in [-0.3, -0.25) is 0 Å². The highest BCUT2D eigenvalue weighted by molar-refractivity contribution is 5.70. The monoisotopic (exact) mass is 296 g/mol. The highest BCUT2D eigenvalue weighted by Crippen LogP contribution is 2.31. The molecule has 1 aromatic heterocycles. The minimum atomic E-state index is 0.937. The number of hydrogen-bond acceptors (Lipinski definition) is 3. The van der Waals surface area contributed by atoms with Crippen molar-refractivity contribution < 1.29 is 0 Å². The maximum atomic E-state index is 4.58. The molecule has 4 nitrogen and oxygen atoms in total. The van der Waals surface area contributed by atoms with E-state index in [2.05, 4.69) is 52.7 Å². The van der Waals surface area contributed by atoms with Crippen molar-refractivity contribution in [1.82, 2.24) is 9.88 Å². The Kier molecular flexibility index (Phi) is 5.15. The van der Waals surface area contributed by atoms with Crippen LogP contribution in [0.3, 0.4) is 0 Å². The summed E-state index contributed by atoms with van der Waals surface area (Å²) in [4.78, 5) is 13.1. The summed E-state index contributed by atoms with van der Waals surface area (Å²) in [5.41, 5.74) is 4.50. The lowest BCUT2D eigenvalue weighted by Gasteiger charge is -2.21. The average Bonchev–Trinajstić information content (AvgIpc) is 2.55. The van der Waals surface area contributed by atoms with Gasteiger partial charge in [0.25, 0.3) is 0 Å². The summed E-state index contributed by atoms with van der Waals surface area (Å²) in [6.45, 7) is 7.25. The fourth-order valence-corrected chi connectivity index (χ4v) is 2.20. The molecule has 0 fully saturated rings. The van der Waals surface area contributed by atoms with E-state index in [1.807, 2.05) is 44.8 Å². The number of aliphatic imine (C=N–C) groups is 1. The van der Waals surface area contributed by atoms with E-state index >= 15 is 0 Å². The largest absolute Gasteiger partial charge is 0.366 e. The van der Waals surface area contributed by atoms with Gasteiger partial charge in [-0.05, 0) is 56.2 Å². The molecule has 0 unspecified atom stereocenters. The summed E-state index contributed by atoms with van der Waals surface area (Å²) in [5.74, 6) is 0.937. The van der Waals surface area contributed by atoms with E-state index in [1.54, 1.807) is 0 Å². The zero-order chi connectivity index (χ0) is 16.1. The summed E-state index contributed by atoms with van der Waals surface area (Å²) >= 11 is 0. The molecule has 4 heteroatoms. The molecule has 0 saturated carbocycles. The molecule has 0 bridgehead atoms. The molecule has 2 rings (SSSR count). The van der Waals surface area contributed by atoms with Crippen molar-refractivity contribution in [3.63, 3.8) is 0 Å². The summed E-state index contributed by atoms with van der Waals surface area (Å²) in [7, 11) is 4.06. The van der Waals surface area contributed by atoms with Crippen molar-refractivity contribution in [2.45, 2.75) is 20.8 Å². The zero-order valence-corrected chi connectivity index (χ0v) is 14.0. The van der Waals surface area contributed by atoms with Gasteiger partial charge in [0, 0.05) is 32.5 Å². The Balaban J connectivity index is 2.32. The highest BCUT2D eigenvalue weighted by atomic mass is 15.2. The van der Waals surface area contributed by atoms with Gasteiger partial charge in [-0.2, -0.15) is 0 Å². The Hall–Kier alpha value is -2.36. The molecule has 0 aliphatic heterocycles. The molecule has 1 aromatic carbocycles. The SMILES string of the molecule is CCN(C)C=Nc1cc(C)c(N(C)c2ccccn2)cc1C. The van der Waals surface area contributed by atoms with E-state index in [4.69, 9.17) is 0 Å². The van der Waals surface area contributed by atoms with Crippen LogP contribution in [-0.2, 0) is 0 Å². The first kappa shape index (κ1) is 16.0. The minimum Gasteiger partial charge on any atom is -0.366 e. The Morgan fingerprint density at radius 2 is 1.91 bits per heavy atom. The highest BCUT2D eigenvalue weighted by Gasteiger charge is 2.10. The van der Waals surface area contributed by atoms with Gasteiger partial charge in [0.1, 0.15) is 5.82 Å². The molecule has 0 radical (unpaired) electrons. The molecular weight excluding hydrogens is 272 g/mol. The van der Waals surface area contributed by atoms with Gasteiger partial charge in [-0.15, -0.1) is 0 Å². The molecule has 116 valence electrons. The van der Waals surface area contributed by atoms with Crippen LogP contribution >= 0.6 is 0 Å². The second-order valence-corrected chi connectivity index (χ2v) is 5.49. The predicted octanol–water partition coefficient (Wildman–Crippen LogP) is 4.08. The van der Waals surface area contributed by atoms with E-state index in [9.17, 15) is 0 Å². The number of aromatic nitrogens is 1. The van der Waals surface area contributed by atoms with Crippen molar-refractivity contribution in [1.29, 1.82) is 0 Å². The summed E-state index contributed by atoms with van der Waals surface area (Å²) in [6, 6.07) is 10.2. The van der Waals surface area contributed by atoms with Crippen LogP contribution in [0.4, 0.5) is 17.2 Å². The predicted molar refractivity (Wildman–Crippen MR) is 94.7 cm³/mol. The maximum Gasteiger partial charge on any atom is 0.132 e. The van der Waals surface area contributed by atoms with Crippen molar-refractivity contribution in [2.75, 3.05) is 25.5 Å². The van der Waals surface area contributed by atoms with Gasteiger partial charge in [-0.25, -0.2) is 9.98 Å². The van der Waals surface area contributed by atoms with Crippen molar-refractivity contribution in [3.05, 3.63) is 47.7 Å². The molecule has 0 saturated heterocycles. The van der Waals surface area contributed by atoms with Crippen LogP contribution in [-0.4, -0.2) is 36.9 Å². The first-order valence-electron chi connectivity index (χ1n) is 7.53. The Bertz CT molecular complexity index is 650. The molecule has 2 aromatic rings. The van der Waals surface area contributed by atoms with Crippen molar-refractivity contribution in [3.8, 4) is 0 Å². The number of aryl methyl sites for hydroxylation is 2. The third-order valence-corrected chi connectivity index (χ3v) is 3.76. The van der Waals surface area contributed by atoms with Crippen LogP contribution in [0.5, 0.6) is 0 Å². The standard InChI is InChI=1S/C18H24N4/c1-6-21(4)13-20-16-11-15(3)17(12-14(16)2)22(5)18-9-7-8-10-19-18/h7-13H,6H2,1-5H3. The third-order valence-electron chi connectivity index (χ3n) is 3.76. The van der Waals surface area contributed by atoms with Crippen molar-refractivity contribution in [2.24, 2.45) is 4.99 Å². The summed E-state index contributed by atoms with van der Waals surface area (Å²) < 4.78 is 0. The normalized spacial score (nSPS) is 11.0. The molecule has 0 N–H and O–H groups in total. The van der Waals surface area contributed by atoms with Crippen LogP contribution in [0, 0.1) is 13.8 Å².